The molecule has 0 radical (unpaired) electrons. The second-order valence-corrected chi connectivity index (χ2v) is 5.07. The molecule has 0 saturated carbocycles. The zero-order chi connectivity index (χ0) is 17.6. The van der Waals surface area contributed by atoms with Crippen molar-refractivity contribution in [1.82, 2.24) is 0 Å². The zero-order valence-corrected chi connectivity index (χ0v) is 13.9. The van der Waals surface area contributed by atoms with Crippen LogP contribution in [0.15, 0.2) is 0 Å². The molecule has 6 unspecified atom stereocenters. The fourth-order valence-electron chi connectivity index (χ4n) is 2.57. The molecule has 1 saturated heterocycles. The van der Waals surface area contributed by atoms with Crippen LogP contribution in [0, 0.1) is 0 Å². The number of carbonyl (C=O) groups is 2. The molecule has 1 fully saturated rings. The molecular weight excluding hydrogens is 312 g/mol. The molecule has 0 aromatic carbocycles. The maximum Gasteiger partial charge on any atom is 0.303 e. The third-order valence-corrected chi connectivity index (χ3v) is 3.41. The lowest BCUT2D eigenvalue weighted by Gasteiger charge is -2.44. The lowest BCUT2D eigenvalue weighted by molar-refractivity contribution is -0.309. The van der Waals surface area contributed by atoms with Gasteiger partial charge in [-0.15, -0.1) is 0 Å². The van der Waals surface area contributed by atoms with Crippen molar-refractivity contribution < 1.29 is 43.1 Å². The molecule has 0 aromatic rings. The molecule has 0 aliphatic carbocycles. The van der Waals surface area contributed by atoms with E-state index in [0.29, 0.717) is 0 Å². The SMILES string of the molecule is COCC(OC(C)=O)C1OC(O)C(OC)C(OC(C)=O)C1OC. The quantitative estimate of drug-likeness (QED) is 0.600. The minimum atomic E-state index is -1.39. The largest absolute Gasteiger partial charge is 0.457 e. The molecule has 0 bridgehead atoms. The molecule has 23 heavy (non-hydrogen) atoms. The standard InChI is InChI=1S/C14H24O9/c1-7(15)21-9(6-18-3)10-11(19-4)12(22-8(2)16)13(20-5)14(17)23-10/h9-14,17H,6H2,1-5H3. The smallest absolute Gasteiger partial charge is 0.303 e. The Morgan fingerprint density at radius 1 is 1.04 bits per heavy atom. The van der Waals surface area contributed by atoms with E-state index in [4.69, 9.17) is 28.4 Å². The number of rotatable bonds is 7. The lowest BCUT2D eigenvalue weighted by atomic mass is 9.94. The maximum absolute atomic E-state index is 11.4. The number of hydrogen-bond donors (Lipinski definition) is 1. The van der Waals surface area contributed by atoms with Crippen molar-refractivity contribution in [3.05, 3.63) is 0 Å². The first-order chi connectivity index (χ1) is 10.8. The second-order valence-electron chi connectivity index (χ2n) is 5.07. The summed E-state index contributed by atoms with van der Waals surface area (Å²) < 4.78 is 31.4. The third-order valence-electron chi connectivity index (χ3n) is 3.41. The topological polar surface area (TPSA) is 110 Å². The first kappa shape index (κ1) is 19.8. The average molecular weight is 336 g/mol. The van der Waals surface area contributed by atoms with E-state index in [-0.39, 0.29) is 6.61 Å². The van der Waals surface area contributed by atoms with Gasteiger partial charge in [-0.1, -0.05) is 0 Å². The van der Waals surface area contributed by atoms with Crippen LogP contribution in [0.1, 0.15) is 13.8 Å². The van der Waals surface area contributed by atoms with Crippen molar-refractivity contribution >= 4 is 11.9 Å². The predicted molar refractivity (Wildman–Crippen MR) is 75.5 cm³/mol. The highest BCUT2D eigenvalue weighted by molar-refractivity contribution is 5.66. The number of esters is 2. The number of hydrogen-bond acceptors (Lipinski definition) is 9. The Morgan fingerprint density at radius 2 is 1.65 bits per heavy atom. The van der Waals surface area contributed by atoms with Crippen LogP contribution in [0.5, 0.6) is 0 Å². The average Bonchev–Trinajstić information content (AvgIpc) is 2.45. The molecule has 6 atom stereocenters. The summed E-state index contributed by atoms with van der Waals surface area (Å²) in [5.74, 6) is -1.11. The van der Waals surface area contributed by atoms with E-state index in [1.54, 1.807) is 0 Å². The van der Waals surface area contributed by atoms with Crippen LogP contribution in [0.3, 0.4) is 0 Å². The van der Waals surface area contributed by atoms with Gasteiger partial charge in [0.2, 0.25) is 0 Å². The van der Waals surface area contributed by atoms with Gasteiger partial charge in [0, 0.05) is 35.2 Å². The first-order valence-electron chi connectivity index (χ1n) is 7.08. The van der Waals surface area contributed by atoms with Gasteiger partial charge in [0.25, 0.3) is 0 Å². The molecule has 0 aromatic heterocycles. The van der Waals surface area contributed by atoms with Gasteiger partial charge in [-0.3, -0.25) is 9.59 Å². The first-order valence-corrected chi connectivity index (χ1v) is 7.08. The minimum Gasteiger partial charge on any atom is -0.457 e. The van der Waals surface area contributed by atoms with Gasteiger partial charge in [-0.2, -0.15) is 0 Å². The van der Waals surface area contributed by atoms with Crippen molar-refractivity contribution in [2.24, 2.45) is 0 Å². The summed E-state index contributed by atoms with van der Waals surface area (Å²) in [7, 11) is 4.16. The second kappa shape index (κ2) is 9.14. The fraction of sp³-hybridized carbons (Fsp3) is 0.857. The van der Waals surface area contributed by atoms with E-state index in [2.05, 4.69) is 0 Å². The van der Waals surface area contributed by atoms with Crippen LogP contribution in [0.4, 0.5) is 0 Å². The van der Waals surface area contributed by atoms with Crippen LogP contribution >= 0.6 is 0 Å². The summed E-state index contributed by atoms with van der Waals surface area (Å²) in [5.41, 5.74) is 0. The Morgan fingerprint density at radius 3 is 2.09 bits per heavy atom. The van der Waals surface area contributed by atoms with Crippen molar-refractivity contribution in [2.45, 2.75) is 50.7 Å². The fourth-order valence-corrected chi connectivity index (χ4v) is 2.57. The molecule has 134 valence electrons. The molecule has 0 spiro atoms. The van der Waals surface area contributed by atoms with Gasteiger partial charge in [0.05, 0.1) is 6.61 Å². The van der Waals surface area contributed by atoms with Gasteiger partial charge in [-0.05, 0) is 0 Å². The molecule has 1 heterocycles. The summed E-state index contributed by atoms with van der Waals surface area (Å²) in [4.78, 5) is 22.6. The van der Waals surface area contributed by atoms with Gasteiger partial charge in [-0.25, -0.2) is 0 Å². The third kappa shape index (κ3) is 5.11. The maximum atomic E-state index is 11.4. The van der Waals surface area contributed by atoms with Crippen LogP contribution in [-0.2, 0) is 38.0 Å². The summed E-state index contributed by atoms with van der Waals surface area (Å²) in [5, 5.41) is 10.1. The number of ether oxygens (including phenoxy) is 6. The predicted octanol–water partition coefficient (Wildman–Crippen LogP) is -0.757. The number of carbonyl (C=O) groups excluding carboxylic acids is 2. The highest BCUT2D eigenvalue weighted by Crippen LogP contribution is 2.29. The van der Waals surface area contributed by atoms with Crippen molar-refractivity contribution in [2.75, 3.05) is 27.9 Å². The number of methoxy groups -OCH3 is 3. The molecule has 1 aliphatic rings. The highest BCUT2D eigenvalue weighted by atomic mass is 16.7. The van der Waals surface area contributed by atoms with Crippen molar-refractivity contribution in [1.29, 1.82) is 0 Å². The highest BCUT2D eigenvalue weighted by Gasteiger charge is 2.51. The van der Waals surface area contributed by atoms with E-state index in [1.807, 2.05) is 0 Å². The molecule has 1 N–H and O–H groups in total. The van der Waals surface area contributed by atoms with Crippen LogP contribution in [0.25, 0.3) is 0 Å². The Kier molecular flexibility index (Phi) is 7.86. The molecular formula is C14H24O9. The molecule has 9 heteroatoms. The monoisotopic (exact) mass is 336 g/mol. The van der Waals surface area contributed by atoms with Gasteiger partial charge in [0.1, 0.15) is 18.3 Å². The van der Waals surface area contributed by atoms with Gasteiger partial charge < -0.3 is 33.5 Å². The van der Waals surface area contributed by atoms with E-state index in [9.17, 15) is 14.7 Å². The van der Waals surface area contributed by atoms with E-state index >= 15 is 0 Å². The lowest BCUT2D eigenvalue weighted by Crippen LogP contribution is -2.63. The Labute approximate surface area is 134 Å². The van der Waals surface area contributed by atoms with Gasteiger partial charge >= 0.3 is 11.9 Å². The van der Waals surface area contributed by atoms with Crippen LogP contribution < -0.4 is 0 Å². The molecule has 9 nitrogen and oxygen atoms in total. The Balaban J connectivity index is 3.08. The normalized spacial score (nSPS) is 32.2. The number of aliphatic hydroxyl groups is 1. The number of aliphatic hydroxyl groups excluding tert-OH is 1. The molecule has 0 amide bonds. The molecule has 1 rings (SSSR count). The minimum absolute atomic E-state index is 0.0151. The Bertz CT molecular complexity index is 400. The summed E-state index contributed by atoms with van der Waals surface area (Å²) in [6.07, 6.45) is -5.86. The van der Waals surface area contributed by atoms with Crippen molar-refractivity contribution in [3.63, 3.8) is 0 Å². The summed E-state index contributed by atoms with van der Waals surface area (Å²) >= 11 is 0. The van der Waals surface area contributed by atoms with E-state index in [0.717, 1.165) is 0 Å². The van der Waals surface area contributed by atoms with Crippen LogP contribution in [0.2, 0.25) is 0 Å². The van der Waals surface area contributed by atoms with Crippen LogP contribution in [-0.4, -0.2) is 81.8 Å². The molecule has 1 aliphatic heterocycles. The zero-order valence-electron chi connectivity index (χ0n) is 13.9. The van der Waals surface area contributed by atoms with Gasteiger partial charge in [0.15, 0.2) is 18.5 Å². The summed E-state index contributed by atoms with van der Waals surface area (Å²) in [6.45, 7) is 2.49. The van der Waals surface area contributed by atoms with E-state index < -0.39 is 48.7 Å². The Hall–Kier alpha value is -1.26. The van der Waals surface area contributed by atoms with E-state index in [1.165, 1.54) is 35.2 Å². The summed E-state index contributed by atoms with van der Waals surface area (Å²) in [6, 6.07) is 0. The van der Waals surface area contributed by atoms with Crippen molar-refractivity contribution in [3.8, 4) is 0 Å².